The number of rotatable bonds is 5. The third-order valence-electron chi connectivity index (χ3n) is 3.02. The molecule has 16 heavy (non-hydrogen) atoms. The summed E-state index contributed by atoms with van der Waals surface area (Å²) in [4.78, 5) is 2.25. The fraction of sp³-hybridized carbons (Fsp3) is 0.500. The van der Waals surface area contributed by atoms with Crippen LogP contribution in [0.4, 0.5) is 0 Å². The Kier molecular flexibility index (Phi) is 4.99. The lowest BCUT2D eigenvalue weighted by atomic mass is 9.79. The van der Waals surface area contributed by atoms with Gasteiger partial charge in [0.05, 0.1) is 0 Å². The molecule has 1 aromatic carbocycles. The minimum Gasteiger partial charge on any atom is -0.423 e. The topological polar surface area (TPSA) is 43.7 Å². The van der Waals surface area contributed by atoms with Crippen molar-refractivity contribution in [3.05, 3.63) is 29.8 Å². The summed E-state index contributed by atoms with van der Waals surface area (Å²) >= 11 is 0. The lowest BCUT2D eigenvalue weighted by molar-refractivity contribution is 0.244. The van der Waals surface area contributed by atoms with Gasteiger partial charge in [0, 0.05) is 12.6 Å². The van der Waals surface area contributed by atoms with E-state index in [0.717, 1.165) is 18.5 Å². The molecular weight excluding hydrogens is 201 g/mol. The number of hydrogen-bond donors (Lipinski definition) is 2. The van der Waals surface area contributed by atoms with Gasteiger partial charge in [0.25, 0.3) is 0 Å². The molecule has 1 atom stereocenters. The minimum absolute atomic E-state index is 0.530. The molecule has 0 aliphatic carbocycles. The summed E-state index contributed by atoms with van der Waals surface area (Å²) in [6.07, 6.45) is 1.11. The molecule has 0 heterocycles. The Morgan fingerprint density at radius 2 is 2.06 bits per heavy atom. The van der Waals surface area contributed by atoms with Crippen LogP contribution in [0.15, 0.2) is 24.3 Å². The molecule has 0 spiro atoms. The highest BCUT2D eigenvalue weighted by Crippen LogP contribution is 2.07. The van der Waals surface area contributed by atoms with Gasteiger partial charge in [-0.3, -0.25) is 4.90 Å². The van der Waals surface area contributed by atoms with Crippen LogP contribution >= 0.6 is 0 Å². The molecule has 4 heteroatoms. The second-order valence-electron chi connectivity index (χ2n) is 4.29. The molecule has 0 bridgehead atoms. The summed E-state index contributed by atoms with van der Waals surface area (Å²) in [5.41, 5.74) is 1.66. The third kappa shape index (κ3) is 3.63. The van der Waals surface area contributed by atoms with E-state index in [-0.39, 0.29) is 0 Å². The molecule has 0 saturated heterocycles. The van der Waals surface area contributed by atoms with E-state index < -0.39 is 7.12 Å². The highest BCUT2D eigenvalue weighted by Gasteiger charge is 2.12. The molecule has 1 unspecified atom stereocenters. The summed E-state index contributed by atoms with van der Waals surface area (Å²) in [6, 6.07) is 7.95. The van der Waals surface area contributed by atoms with Crippen LogP contribution in [-0.2, 0) is 6.54 Å². The first-order chi connectivity index (χ1) is 7.54. The SMILES string of the molecule is CCC(C)N(C)Cc1cccc(B(O)O)c1. The van der Waals surface area contributed by atoms with Gasteiger partial charge in [0.1, 0.15) is 0 Å². The van der Waals surface area contributed by atoms with Crippen LogP contribution in [0.5, 0.6) is 0 Å². The maximum Gasteiger partial charge on any atom is 0.488 e. The summed E-state index contributed by atoms with van der Waals surface area (Å²) in [5.74, 6) is 0. The number of benzene rings is 1. The molecule has 0 aliphatic heterocycles. The largest absolute Gasteiger partial charge is 0.488 e. The van der Waals surface area contributed by atoms with Crippen molar-refractivity contribution in [3.63, 3.8) is 0 Å². The van der Waals surface area contributed by atoms with Crippen molar-refractivity contribution in [1.82, 2.24) is 4.90 Å². The average Bonchev–Trinajstić information content (AvgIpc) is 2.28. The van der Waals surface area contributed by atoms with Crippen LogP contribution < -0.4 is 5.46 Å². The molecular formula is C12H20BNO2. The van der Waals surface area contributed by atoms with Crippen molar-refractivity contribution < 1.29 is 10.0 Å². The third-order valence-corrected chi connectivity index (χ3v) is 3.02. The zero-order valence-corrected chi connectivity index (χ0v) is 10.2. The summed E-state index contributed by atoms with van der Waals surface area (Å²) < 4.78 is 0. The Bertz CT molecular complexity index is 331. The van der Waals surface area contributed by atoms with E-state index >= 15 is 0 Å². The van der Waals surface area contributed by atoms with Gasteiger partial charge in [0.15, 0.2) is 0 Å². The van der Waals surface area contributed by atoms with E-state index in [0.29, 0.717) is 11.5 Å². The normalized spacial score (nSPS) is 12.9. The van der Waals surface area contributed by atoms with Crippen LogP contribution in [0.1, 0.15) is 25.8 Å². The van der Waals surface area contributed by atoms with Gasteiger partial charge in [-0.2, -0.15) is 0 Å². The molecule has 2 N–H and O–H groups in total. The molecule has 0 aliphatic rings. The second kappa shape index (κ2) is 6.04. The Labute approximate surface area is 97.9 Å². The fourth-order valence-electron chi connectivity index (χ4n) is 1.61. The Balaban J connectivity index is 2.70. The van der Waals surface area contributed by atoms with E-state index in [2.05, 4.69) is 25.8 Å². The molecule has 0 fully saturated rings. The molecule has 1 aromatic rings. The van der Waals surface area contributed by atoms with Crippen LogP contribution in [0.3, 0.4) is 0 Å². The minimum atomic E-state index is -1.38. The quantitative estimate of drug-likeness (QED) is 0.715. The van der Waals surface area contributed by atoms with Crippen LogP contribution in [0, 0.1) is 0 Å². The van der Waals surface area contributed by atoms with Gasteiger partial charge in [-0.1, -0.05) is 31.2 Å². The van der Waals surface area contributed by atoms with Crippen molar-refractivity contribution >= 4 is 12.6 Å². The van der Waals surface area contributed by atoms with Crippen LogP contribution in [0.25, 0.3) is 0 Å². The van der Waals surface area contributed by atoms with E-state index in [1.54, 1.807) is 6.07 Å². The van der Waals surface area contributed by atoms with Crippen molar-refractivity contribution in [1.29, 1.82) is 0 Å². The molecule has 88 valence electrons. The van der Waals surface area contributed by atoms with Gasteiger partial charge in [0.2, 0.25) is 0 Å². The zero-order chi connectivity index (χ0) is 12.1. The number of nitrogens with zero attached hydrogens (tertiary/aromatic N) is 1. The van der Waals surface area contributed by atoms with Gasteiger partial charge >= 0.3 is 7.12 Å². The fourth-order valence-corrected chi connectivity index (χ4v) is 1.61. The molecule has 0 saturated carbocycles. The van der Waals surface area contributed by atoms with Crippen molar-refractivity contribution in [2.75, 3.05) is 7.05 Å². The lowest BCUT2D eigenvalue weighted by Gasteiger charge is -2.23. The Morgan fingerprint density at radius 3 is 2.62 bits per heavy atom. The summed E-state index contributed by atoms with van der Waals surface area (Å²) in [7, 11) is 0.699. The van der Waals surface area contributed by atoms with Gasteiger partial charge in [-0.15, -0.1) is 0 Å². The standard InChI is InChI=1S/C12H20BNO2/c1-4-10(2)14(3)9-11-6-5-7-12(8-11)13(15)16/h5-8,10,15-16H,4,9H2,1-3H3. The van der Waals surface area contributed by atoms with Gasteiger partial charge in [-0.25, -0.2) is 0 Å². The Hall–Kier alpha value is -0.835. The monoisotopic (exact) mass is 221 g/mol. The van der Waals surface area contributed by atoms with Crippen molar-refractivity contribution in [2.24, 2.45) is 0 Å². The first-order valence-corrected chi connectivity index (χ1v) is 5.69. The zero-order valence-electron chi connectivity index (χ0n) is 10.2. The van der Waals surface area contributed by atoms with E-state index in [4.69, 9.17) is 10.0 Å². The lowest BCUT2D eigenvalue weighted by Crippen LogP contribution is -2.31. The molecule has 0 aromatic heterocycles. The average molecular weight is 221 g/mol. The smallest absolute Gasteiger partial charge is 0.423 e. The number of hydrogen-bond acceptors (Lipinski definition) is 3. The van der Waals surface area contributed by atoms with Crippen molar-refractivity contribution in [2.45, 2.75) is 32.9 Å². The van der Waals surface area contributed by atoms with Gasteiger partial charge in [-0.05, 0) is 31.4 Å². The maximum absolute atomic E-state index is 9.08. The Morgan fingerprint density at radius 1 is 1.38 bits per heavy atom. The van der Waals surface area contributed by atoms with Gasteiger partial charge < -0.3 is 10.0 Å². The van der Waals surface area contributed by atoms with E-state index in [9.17, 15) is 0 Å². The maximum atomic E-state index is 9.08. The first-order valence-electron chi connectivity index (χ1n) is 5.69. The summed E-state index contributed by atoms with van der Waals surface area (Å²) in [6.45, 7) is 5.18. The van der Waals surface area contributed by atoms with Crippen molar-refractivity contribution in [3.8, 4) is 0 Å². The highest BCUT2D eigenvalue weighted by molar-refractivity contribution is 6.58. The first kappa shape index (κ1) is 13.2. The molecule has 1 rings (SSSR count). The molecule has 0 radical (unpaired) electrons. The summed E-state index contributed by atoms with van der Waals surface area (Å²) in [5, 5.41) is 18.2. The molecule has 0 amide bonds. The van der Waals surface area contributed by atoms with Crippen LogP contribution in [-0.4, -0.2) is 35.2 Å². The predicted molar refractivity (Wildman–Crippen MR) is 67.5 cm³/mol. The van der Waals surface area contributed by atoms with Crippen LogP contribution in [0.2, 0.25) is 0 Å². The second-order valence-corrected chi connectivity index (χ2v) is 4.29. The predicted octanol–water partition coefficient (Wildman–Crippen LogP) is 0.597. The highest BCUT2D eigenvalue weighted by atomic mass is 16.4. The van der Waals surface area contributed by atoms with E-state index in [1.165, 1.54) is 0 Å². The molecule has 3 nitrogen and oxygen atoms in total. The van der Waals surface area contributed by atoms with E-state index in [1.807, 2.05) is 18.2 Å².